The molecule has 0 fully saturated rings. The summed E-state index contributed by atoms with van der Waals surface area (Å²) in [5.41, 5.74) is 3.26. The van der Waals surface area contributed by atoms with Crippen molar-refractivity contribution in [1.82, 2.24) is 4.98 Å². The van der Waals surface area contributed by atoms with Gasteiger partial charge in [-0.1, -0.05) is 46.7 Å². The number of carbonyl (C=O) groups is 1. The van der Waals surface area contributed by atoms with Crippen molar-refractivity contribution in [1.29, 1.82) is 0 Å². The number of hydrogen-bond donors (Lipinski definition) is 2. The lowest BCUT2D eigenvalue weighted by Crippen LogP contribution is -2.15. The first kappa shape index (κ1) is 21.3. The second kappa shape index (κ2) is 8.30. The fourth-order valence-corrected chi connectivity index (χ4v) is 5.40. The molecule has 0 aliphatic carbocycles. The average molecular weight is 472 g/mol. The molecule has 0 saturated carbocycles. The van der Waals surface area contributed by atoms with Gasteiger partial charge in [0.1, 0.15) is 0 Å². The third-order valence-corrected chi connectivity index (χ3v) is 7.11. The zero-order valence-corrected chi connectivity index (χ0v) is 19.0. The van der Waals surface area contributed by atoms with Gasteiger partial charge in [0.2, 0.25) is 0 Å². The van der Waals surface area contributed by atoms with E-state index < -0.39 is 10.0 Å². The Balaban J connectivity index is 1.54. The van der Waals surface area contributed by atoms with E-state index in [9.17, 15) is 13.2 Å². The quantitative estimate of drug-likeness (QED) is 0.395. The summed E-state index contributed by atoms with van der Waals surface area (Å²) < 4.78 is 28.6. The van der Waals surface area contributed by atoms with Gasteiger partial charge in [0.15, 0.2) is 5.13 Å². The molecule has 0 saturated heterocycles. The van der Waals surface area contributed by atoms with Crippen molar-refractivity contribution < 1.29 is 13.2 Å². The van der Waals surface area contributed by atoms with Gasteiger partial charge in [-0.3, -0.25) is 14.8 Å². The first-order chi connectivity index (χ1) is 14.7. The first-order valence-electron chi connectivity index (χ1n) is 9.29. The maximum atomic E-state index is 12.7. The van der Waals surface area contributed by atoms with Crippen LogP contribution in [0.25, 0.3) is 10.2 Å². The highest BCUT2D eigenvalue weighted by Crippen LogP contribution is 2.31. The summed E-state index contributed by atoms with van der Waals surface area (Å²) in [5.74, 6) is -0.390. The van der Waals surface area contributed by atoms with E-state index in [1.54, 1.807) is 36.4 Å². The number of aromatic nitrogens is 1. The molecule has 0 bridgehead atoms. The zero-order chi connectivity index (χ0) is 22.2. The first-order valence-corrected chi connectivity index (χ1v) is 12.0. The Morgan fingerprint density at radius 1 is 1.03 bits per heavy atom. The van der Waals surface area contributed by atoms with Crippen LogP contribution in [-0.4, -0.2) is 19.3 Å². The lowest BCUT2D eigenvalue weighted by Gasteiger charge is -2.10. The standard InChI is InChI=1S/C22H18ClN3O3S2/c1-13-6-8-18(9-7-13)31(28,29)26-17-5-3-4-15(11-17)21(27)25-22-24-20-14(2)10-16(23)12-19(20)30-22/h3-12,26H,1-2H3,(H,24,25,27). The van der Waals surface area contributed by atoms with Crippen LogP contribution in [0.4, 0.5) is 10.8 Å². The van der Waals surface area contributed by atoms with Crippen LogP contribution in [0.3, 0.4) is 0 Å². The number of aryl methyl sites for hydroxylation is 2. The van der Waals surface area contributed by atoms with Crippen LogP contribution >= 0.6 is 22.9 Å². The van der Waals surface area contributed by atoms with Gasteiger partial charge in [0, 0.05) is 16.3 Å². The van der Waals surface area contributed by atoms with Crippen molar-refractivity contribution in [2.45, 2.75) is 18.7 Å². The molecule has 0 radical (unpaired) electrons. The fraction of sp³-hybridized carbons (Fsp3) is 0.0909. The smallest absolute Gasteiger partial charge is 0.261 e. The summed E-state index contributed by atoms with van der Waals surface area (Å²) in [5, 5.41) is 3.82. The number of fused-ring (bicyclic) bond motifs is 1. The number of carbonyl (C=O) groups excluding carboxylic acids is 1. The van der Waals surface area contributed by atoms with Crippen LogP contribution in [-0.2, 0) is 10.0 Å². The van der Waals surface area contributed by atoms with Gasteiger partial charge in [-0.05, 0) is 61.9 Å². The van der Waals surface area contributed by atoms with Crippen molar-refractivity contribution in [3.05, 3.63) is 82.4 Å². The molecule has 1 aromatic heterocycles. The molecule has 0 aliphatic heterocycles. The number of nitrogens with zero attached hydrogens (tertiary/aromatic N) is 1. The number of nitrogens with one attached hydrogen (secondary N) is 2. The molecule has 0 spiro atoms. The zero-order valence-electron chi connectivity index (χ0n) is 16.6. The van der Waals surface area contributed by atoms with Crippen molar-refractivity contribution >= 4 is 59.9 Å². The van der Waals surface area contributed by atoms with E-state index in [2.05, 4.69) is 15.0 Å². The van der Waals surface area contributed by atoms with Gasteiger partial charge in [0.05, 0.1) is 15.1 Å². The van der Waals surface area contributed by atoms with E-state index in [1.165, 1.54) is 29.5 Å². The van der Waals surface area contributed by atoms with Gasteiger partial charge < -0.3 is 0 Å². The number of amides is 1. The Bertz CT molecular complexity index is 1400. The molecule has 3 aromatic carbocycles. The predicted molar refractivity (Wildman–Crippen MR) is 126 cm³/mol. The summed E-state index contributed by atoms with van der Waals surface area (Å²) in [6.45, 7) is 3.79. The van der Waals surface area contributed by atoms with Gasteiger partial charge in [-0.25, -0.2) is 13.4 Å². The van der Waals surface area contributed by atoms with Gasteiger partial charge in [-0.15, -0.1) is 0 Å². The topological polar surface area (TPSA) is 88.2 Å². The molecule has 4 aromatic rings. The van der Waals surface area contributed by atoms with E-state index in [0.29, 0.717) is 21.4 Å². The Kier molecular flexibility index (Phi) is 5.70. The Morgan fingerprint density at radius 3 is 2.52 bits per heavy atom. The van der Waals surface area contributed by atoms with Crippen LogP contribution in [0, 0.1) is 13.8 Å². The number of benzene rings is 3. The number of halogens is 1. The molecule has 4 rings (SSSR count). The van der Waals surface area contributed by atoms with Crippen molar-refractivity contribution in [2.75, 3.05) is 10.0 Å². The number of thiazole rings is 1. The summed E-state index contributed by atoms with van der Waals surface area (Å²) in [6, 6.07) is 16.4. The maximum Gasteiger partial charge on any atom is 0.261 e. The predicted octanol–water partition coefficient (Wildman–Crippen LogP) is 5.62. The fourth-order valence-electron chi connectivity index (χ4n) is 3.03. The summed E-state index contributed by atoms with van der Waals surface area (Å²) in [4.78, 5) is 17.3. The van der Waals surface area contributed by atoms with Crippen molar-refractivity contribution in [2.24, 2.45) is 0 Å². The monoisotopic (exact) mass is 471 g/mol. The number of sulfonamides is 1. The van der Waals surface area contributed by atoms with Crippen LogP contribution in [0.2, 0.25) is 5.02 Å². The molecular weight excluding hydrogens is 454 g/mol. The van der Waals surface area contributed by atoms with Gasteiger partial charge >= 0.3 is 0 Å². The molecular formula is C22H18ClN3O3S2. The molecule has 0 unspecified atom stereocenters. The highest BCUT2D eigenvalue weighted by Gasteiger charge is 2.16. The SMILES string of the molecule is Cc1ccc(S(=O)(=O)Nc2cccc(C(=O)Nc3nc4c(C)cc(Cl)cc4s3)c2)cc1. The molecule has 1 heterocycles. The second-order valence-corrected chi connectivity index (χ2v) is 10.2. The van der Waals surface area contributed by atoms with Crippen molar-refractivity contribution in [3.8, 4) is 0 Å². The van der Waals surface area contributed by atoms with E-state index in [-0.39, 0.29) is 10.8 Å². The molecule has 1 amide bonds. The Labute approximate surface area is 189 Å². The largest absolute Gasteiger partial charge is 0.298 e. The van der Waals surface area contributed by atoms with Gasteiger partial charge in [-0.2, -0.15) is 0 Å². The van der Waals surface area contributed by atoms with Crippen molar-refractivity contribution in [3.63, 3.8) is 0 Å². The normalized spacial score (nSPS) is 11.5. The van der Waals surface area contributed by atoms with Crippen LogP contribution in [0.1, 0.15) is 21.5 Å². The minimum atomic E-state index is -3.76. The highest BCUT2D eigenvalue weighted by atomic mass is 35.5. The summed E-state index contributed by atoms with van der Waals surface area (Å²) in [7, 11) is -3.76. The lowest BCUT2D eigenvalue weighted by molar-refractivity contribution is 0.102. The van der Waals surface area contributed by atoms with E-state index in [1.807, 2.05) is 19.9 Å². The second-order valence-electron chi connectivity index (χ2n) is 7.04. The summed E-state index contributed by atoms with van der Waals surface area (Å²) >= 11 is 7.41. The Hall–Kier alpha value is -2.94. The van der Waals surface area contributed by atoms with E-state index in [0.717, 1.165) is 21.3 Å². The third kappa shape index (κ3) is 4.71. The molecule has 0 aliphatic rings. The third-order valence-electron chi connectivity index (χ3n) is 4.58. The number of rotatable bonds is 5. The van der Waals surface area contributed by atoms with Crippen LogP contribution in [0.5, 0.6) is 0 Å². The van der Waals surface area contributed by atoms with Crippen LogP contribution < -0.4 is 10.0 Å². The maximum absolute atomic E-state index is 12.7. The molecule has 0 atom stereocenters. The Morgan fingerprint density at radius 2 is 1.77 bits per heavy atom. The molecule has 9 heteroatoms. The minimum absolute atomic E-state index is 0.150. The molecule has 31 heavy (non-hydrogen) atoms. The van der Waals surface area contributed by atoms with E-state index >= 15 is 0 Å². The molecule has 158 valence electrons. The van der Waals surface area contributed by atoms with Gasteiger partial charge in [0.25, 0.3) is 15.9 Å². The van der Waals surface area contributed by atoms with E-state index in [4.69, 9.17) is 11.6 Å². The average Bonchev–Trinajstić information content (AvgIpc) is 3.10. The van der Waals surface area contributed by atoms with Crippen LogP contribution in [0.15, 0.2) is 65.6 Å². The molecule has 6 nitrogen and oxygen atoms in total. The number of hydrogen-bond acceptors (Lipinski definition) is 5. The summed E-state index contributed by atoms with van der Waals surface area (Å²) in [6.07, 6.45) is 0. The highest BCUT2D eigenvalue weighted by molar-refractivity contribution is 7.92. The number of anilines is 2. The minimum Gasteiger partial charge on any atom is -0.298 e. The molecule has 2 N–H and O–H groups in total. The lowest BCUT2D eigenvalue weighted by atomic mass is 10.2.